The maximum absolute atomic E-state index is 14.8. The van der Waals surface area contributed by atoms with Gasteiger partial charge in [-0.15, -0.1) is 0 Å². The predicted molar refractivity (Wildman–Crippen MR) is 104 cm³/mol. The van der Waals surface area contributed by atoms with Crippen molar-refractivity contribution in [2.24, 2.45) is 5.18 Å². The van der Waals surface area contributed by atoms with Crippen LogP contribution in [0.4, 0.5) is 24.5 Å². The van der Waals surface area contributed by atoms with Crippen LogP contribution in [-0.4, -0.2) is 37.3 Å². The zero-order chi connectivity index (χ0) is 22.1. The SMILES string of the molecule is Cc1ccc(Nc2c(C(=O)NOCCO)cc(CNCCN=O)c(F)c2F)c(F)c1. The summed E-state index contributed by atoms with van der Waals surface area (Å²) in [6, 6.07) is 5.16. The summed E-state index contributed by atoms with van der Waals surface area (Å²) >= 11 is 0. The Labute approximate surface area is 170 Å². The molecule has 8 nitrogen and oxygen atoms in total. The van der Waals surface area contributed by atoms with Gasteiger partial charge >= 0.3 is 0 Å². The number of carbonyl (C=O) groups is 1. The molecule has 0 unspecified atom stereocenters. The number of hydroxylamine groups is 1. The van der Waals surface area contributed by atoms with Gasteiger partial charge < -0.3 is 15.7 Å². The number of aryl methyl sites for hydroxylation is 1. The lowest BCUT2D eigenvalue weighted by atomic mass is 10.1. The van der Waals surface area contributed by atoms with Crippen molar-refractivity contribution < 1.29 is 27.9 Å². The fourth-order valence-electron chi connectivity index (χ4n) is 2.53. The van der Waals surface area contributed by atoms with Crippen molar-refractivity contribution in [3.05, 3.63) is 63.3 Å². The third kappa shape index (κ3) is 5.99. The van der Waals surface area contributed by atoms with Gasteiger partial charge in [-0.25, -0.2) is 18.7 Å². The molecule has 1 amide bonds. The summed E-state index contributed by atoms with van der Waals surface area (Å²) in [6.07, 6.45) is 0. The normalized spacial score (nSPS) is 10.7. The summed E-state index contributed by atoms with van der Waals surface area (Å²) < 4.78 is 43.6. The Bertz CT molecular complexity index is 912. The molecule has 4 N–H and O–H groups in total. The standard InChI is InChI=1S/C19H21F3N4O4/c1-11-2-3-15(14(20)8-11)25-18-13(19(28)26-30-7-6-27)9-12(16(21)17(18)22)10-23-4-5-24-29/h2-3,8-9,23,25,27H,4-7,10H2,1H3,(H,26,28). The van der Waals surface area contributed by atoms with Gasteiger partial charge in [0.15, 0.2) is 11.6 Å². The van der Waals surface area contributed by atoms with Crippen molar-refractivity contribution in [1.82, 2.24) is 10.8 Å². The minimum atomic E-state index is -1.39. The van der Waals surface area contributed by atoms with E-state index >= 15 is 0 Å². The Balaban J connectivity index is 2.42. The molecule has 11 heteroatoms. The van der Waals surface area contributed by atoms with E-state index in [4.69, 9.17) is 9.94 Å². The van der Waals surface area contributed by atoms with Crippen LogP contribution in [0.25, 0.3) is 0 Å². The fraction of sp³-hybridized carbons (Fsp3) is 0.316. The first-order valence-electron chi connectivity index (χ1n) is 8.95. The van der Waals surface area contributed by atoms with E-state index < -0.39 is 29.0 Å². The number of nitroso groups, excluding NO2 is 1. The van der Waals surface area contributed by atoms with E-state index in [1.807, 2.05) is 5.48 Å². The molecule has 0 atom stereocenters. The van der Waals surface area contributed by atoms with Gasteiger partial charge in [-0.3, -0.25) is 9.63 Å². The summed E-state index contributed by atoms with van der Waals surface area (Å²) in [7, 11) is 0. The molecule has 0 saturated heterocycles. The zero-order valence-electron chi connectivity index (χ0n) is 16.1. The molecular formula is C19H21F3N4O4. The number of halogens is 3. The first-order valence-corrected chi connectivity index (χ1v) is 8.95. The van der Waals surface area contributed by atoms with Gasteiger partial charge in [0.25, 0.3) is 5.91 Å². The minimum Gasteiger partial charge on any atom is -0.394 e. The highest BCUT2D eigenvalue weighted by Gasteiger charge is 2.23. The van der Waals surface area contributed by atoms with Gasteiger partial charge in [0.2, 0.25) is 0 Å². The monoisotopic (exact) mass is 426 g/mol. The van der Waals surface area contributed by atoms with Crippen molar-refractivity contribution in [3.8, 4) is 0 Å². The van der Waals surface area contributed by atoms with E-state index in [-0.39, 0.29) is 49.7 Å². The number of hydrogen-bond donors (Lipinski definition) is 4. The molecule has 0 radical (unpaired) electrons. The molecule has 0 aliphatic rings. The van der Waals surface area contributed by atoms with Crippen molar-refractivity contribution in [1.29, 1.82) is 0 Å². The molecule has 0 aliphatic carbocycles. The van der Waals surface area contributed by atoms with Crippen LogP contribution < -0.4 is 16.1 Å². The average molecular weight is 426 g/mol. The van der Waals surface area contributed by atoms with Crippen molar-refractivity contribution in [3.63, 3.8) is 0 Å². The molecule has 162 valence electrons. The molecule has 0 fully saturated rings. The van der Waals surface area contributed by atoms with Crippen LogP contribution >= 0.6 is 0 Å². The Morgan fingerprint density at radius 1 is 1.20 bits per heavy atom. The molecular weight excluding hydrogens is 405 g/mol. The molecule has 2 aromatic rings. The van der Waals surface area contributed by atoms with Crippen LogP contribution in [0.15, 0.2) is 29.4 Å². The lowest BCUT2D eigenvalue weighted by Crippen LogP contribution is -2.27. The Morgan fingerprint density at radius 3 is 2.63 bits per heavy atom. The smallest absolute Gasteiger partial charge is 0.277 e. The van der Waals surface area contributed by atoms with Crippen molar-refractivity contribution in [2.45, 2.75) is 13.5 Å². The van der Waals surface area contributed by atoms with E-state index in [1.165, 1.54) is 12.1 Å². The highest BCUT2D eigenvalue weighted by Crippen LogP contribution is 2.30. The van der Waals surface area contributed by atoms with E-state index in [0.29, 0.717) is 5.56 Å². The maximum Gasteiger partial charge on any atom is 0.277 e. The van der Waals surface area contributed by atoms with Gasteiger partial charge in [0.05, 0.1) is 36.7 Å². The number of hydrogen-bond acceptors (Lipinski definition) is 7. The van der Waals surface area contributed by atoms with Crippen molar-refractivity contribution >= 4 is 17.3 Å². The average Bonchev–Trinajstić information content (AvgIpc) is 2.72. The molecule has 2 rings (SSSR count). The molecule has 0 aliphatic heterocycles. The lowest BCUT2D eigenvalue weighted by Gasteiger charge is -2.17. The Hall–Kier alpha value is -3.02. The molecule has 0 bridgehead atoms. The highest BCUT2D eigenvalue weighted by atomic mass is 19.2. The van der Waals surface area contributed by atoms with Crippen molar-refractivity contribution in [2.75, 3.05) is 31.6 Å². The number of nitrogens with one attached hydrogen (secondary N) is 3. The van der Waals surface area contributed by atoms with Gasteiger partial charge in [-0.05, 0) is 30.7 Å². The zero-order valence-corrected chi connectivity index (χ0v) is 16.1. The number of benzene rings is 2. The Morgan fingerprint density at radius 2 is 1.97 bits per heavy atom. The number of nitrogens with zero attached hydrogens (tertiary/aromatic N) is 1. The molecule has 0 spiro atoms. The van der Waals surface area contributed by atoms with Gasteiger partial charge in [-0.1, -0.05) is 11.2 Å². The third-order valence-electron chi connectivity index (χ3n) is 3.96. The lowest BCUT2D eigenvalue weighted by molar-refractivity contribution is 0.0168. The largest absolute Gasteiger partial charge is 0.394 e. The molecule has 0 aromatic heterocycles. The van der Waals surface area contributed by atoms with E-state index in [9.17, 15) is 22.9 Å². The van der Waals surface area contributed by atoms with Gasteiger partial charge in [-0.2, -0.15) is 4.91 Å². The molecule has 0 saturated carbocycles. The molecule has 0 heterocycles. The van der Waals surface area contributed by atoms with Crippen LogP contribution in [0.1, 0.15) is 21.5 Å². The number of aliphatic hydroxyl groups is 1. The topological polar surface area (TPSA) is 112 Å². The number of aliphatic hydroxyl groups excluding tert-OH is 1. The second kappa shape index (κ2) is 11.2. The summed E-state index contributed by atoms with van der Waals surface area (Å²) in [5.74, 6) is -4.29. The molecule has 30 heavy (non-hydrogen) atoms. The fourth-order valence-corrected chi connectivity index (χ4v) is 2.53. The summed E-state index contributed by atoms with van der Waals surface area (Å²) in [5, 5.41) is 16.5. The van der Waals surface area contributed by atoms with Crippen LogP contribution in [0, 0.1) is 29.3 Å². The summed E-state index contributed by atoms with van der Waals surface area (Å²) in [6.45, 7) is 0.927. The number of amides is 1. The molecule has 2 aromatic carbocycles. The summed E-state index contributed by atoms with van der Waals surface area (Å²) in [5.41, 5.74) is 1.33. The number of rotatable bonds is 11. The van der Waals surface area contributed by atoms with E-state index in [1.54, 1.807) is 13.0 Å². The Kier molecular flexibility index (Phi) is 8.71. The first-order chi connectivity index (χ1) is 14.4. The second-order valence-electron chi connectivity index (χ2n) is 6.23. The van der Waals surface area contributed by atoms with Crippen LogP contribution in [-0.2, 0) is 11.4 Å². The van der Waals surface area contributed by atoms with Crippen LogP contribution in [0.5, 0.6) is 0 Å². The number of anilines is 2. The van der Waals surface area contributed by atoms with Crippen LogP contribution in [0.2, 0.25) is 0 Å². The third-order valence-corrected chi connectivity index (χ3v) is 3.96. The first kappa shape index (κ1) is 23.3. The van der Waals surface area contributed by atoms with Gasteiger partial charge in [0, 0.05) is 18.7 Å². The van der Waals surface area contributed by atoms with Gasteiger partial charge in [0.1, 0.15) is 5.82 Å². The van der Waals surface area contributed by atoms with Crippen LogP contribution in [0.3, 0.4) is 0 Å². The second-order valence-corrected chi connectivity index (χ2v) is 6.23. The van der Waals surface area contributed by atoms with E-state index in [0.717, 1.165) is 6.07 Å². The maximum atomic E-state index is 14.8. The summed E-state index contributed by atoms with van der Waals surface area (Å²) in [4.78, 5) is 27.3. The highest BCUT2D eigenvalue weighted by molar-refractivity contribution is 6.00. The predicted octanol–water partition coefficient (Wildman–Crippen LogP) is 2.67. The quantitative estimate of drug-likeness (QED) is 0.250. The minimum absolute atomic E-state index is 0.0707. The van der Waals surface area contributed by atoms with E-state index in [2.05, 4.69) is 15.8 Å². The number of carbonyl (C=O) groups excluding carboxylic acids is 1.